The molecule has 0 aliphatic rings. The average Bonchev–Trinajstić information content (AvgIpc) is 3.37. The van der Waals surface area contributed by atoms with Gasteiger partial charge in [0.15, 0.2) is 5.69 Å². The van der Waals surface area contributed by atoms with Crippen molar-refractivity contribution in [1.82, 2.24) is 9.97 Å². The molecule has 186 valence electrons. The molecule has 0 radical (unpaired) electrons. The van der Waals surface area contributed by atoms with Crippen LogP contribution in [-0.4, -0.2) is 37.7 Å². The Morgan fingerprint density at radius 1 is 1.11 bits per heavy atom. The maximum Gasteiger partial charge on any atom is 0.276 e. The number of furan rings is 1. The number of rotatable bonds is 9. The molecule has 9 nitrogen and oxygen atoms in total. The minimum atomic E-state index is -3.77. The van der Waals surface area contributed by atoms with Gasteiger partial charge in [0.25, 0.3) is 5.91 Å². The number of sulfone groups is 1. The van der Waals surface area contributed by atoms with E-state index in [2.05, 4.69) is 15.3 Å². The number of methoxy groups -OCH3 is 1. The molecule has 0 spiro atoms. The summed E-state index contributed by atoms with van der Waals surface area (Å²) in [6.07, 6.45) is 3.87. The quantitative estimate of drug-likeness (QED) is 0.315. The van der Waals surface area contributed by atoms with E-state index in [9.17, 15) is 13.2 Å². The van der Waals surface area contributed by atoms with Crippen molar-refractivity contribution in [2.75, 3.05) is 23.6 Å². The Kier molecular flexibility index (Phi) is 7.56. The van der Waals surface area contributed by atoms with Crippen LogP contribution in [-0.2, 0) is 22.9 Å². The minimum absolute atomic E-state index is 0.102. The van der Waals surface area contributed by atoms with Crippen LogP contribution >= 0.6 is 11.6 Å². The largest absolute Gasteiger partial charge is 0.497 e. The van der Waals surface area contributed by atoms with Gasteiger partial charge in [-0.1, -0.05) is 23.7 Å². The van der Waals surface area contributed by atoms with Crippen LogP contribution in [0.15, 0.2) is 82.7 Å². The summed E-state index contributed by atoms with van der Waals surface area (Å²) in [6.45, 7) is 0.605. The lowest BCUT2D eigenvalue weighted by Crippen LogP contribution is -2.27. The zero-order chi connectivity index (χ0) is 25.7. The first-order valence-electron chi connectivity index (χ1n) is 10.8. The van der Waals surface area contributed by atoms with Gasteiger partial charge in [-0.05, 0) is 54.1 Å². The van der Waals surface area contributed by atoms with Crippen molar-refractivity contribution in [1.29, 1.82) is 0 Å². The van der Waals surface area contributed by atoms with E-state index in [0.717, 1.165) is 11.8 Å². The number of carbonyl (C=O) groups is 1. The molecule has 4 aromatic rings. The lowest BCUT2D eigenvalue weighted by Gasteiger charge is -2.25. The molecule has 1 amide bonds. The number of nitrogens with zero attached hydrogens (tertiary/aromatic N) is 3. The Morgan fingerprint density at radius 2 is 1.89 bits per heavy atom. The SMILES string of the molecule is COc1cccc(CN(Cc2ccco2)c2cnc(S(C)(=O)=O)nc2C(=O)Nc2ccc(Cl)cc2)c1. The number of ether oxygens (including phenoxy) is 1. The van der Waals surface area contributed by atoms with Gasteiger partial charge in [-0.3, -0.25) is 4.79 Å². The molecule has 0 aliphatic carbocycles. The monoisotopic (exact) mass is 526 g/mol. The van der Waals surface area contributed by atoms with Crippen LogP contribution in [0.3, 0.4) is 0 Å². The Labute approximate surface area is 213 Å². The molecule has 1 N–H and O–H groups in total. The fraction of sp³-hybridized carbons (Fsp3) is 0.160. The fourth-order valence-electron chi connectivity index (χ4n) is 3.47. The molecule has 2 aromatic heterocycles. The summed E-state index contributed by atoms with van der Waals surface area (Å²) in [5, 5.41) is 2.81. The van der Waals surface area contributed by atoms with Gasteiger partial charge in [0.1, 0.15) is 11.5 Å². The van der Waals surface area contributed by atoms with Crippen molar-refractivity contribution in [2.24, 2.45) is 0 Å². The first kappa shape index (κ1) is 25.2. The molecule has 0 aliphatic heterocycles. The number of amides is 1. The van der Waals surface area contributed by atoms with E-state index >= 15 is 0 Å². The maximum atomic E-state index is 13.4. The number of hydrogen-bond acceptors (Lipinski definition) is 8. The highest BCUT2D eigenvalue weighted by Gasteiger charge is 2.24. The van der Waals surface area contributed by atoms with Gasteiger partial charge in [0, 0.05) is 23.5 Å². The van der Waals surface area contributed by atoms with Crippen LogP contribution < -0.4 is 15.0 Å². The Hall–Kier alpha value is -3.89. The maximum absolute atomic E-state index is 13.4. The minimum Gasteiger partial charge on any atom is -0.497 e. The number of aromatic nitrogens is 2. The van der Waals surface area contributed by atoms with Crippen LogP contribution in [0.4, 0.5) is 11.4 Å². The van der Waals surface area contributed by atoms with E-state index in [1.165, 1.54) is 6.20 Å². The Balaban J connectivity index is 1.78. The van der Waals surface area contributed by atoms with Crippen molar-refractivity contribution < 1.29 is 22.4 Å². The molecule has 0 atom stereocenters. The van der Waals surface area contributed by atoms with Crippen LogP contribution in [0.5, 0.6) is 5.75 Å². The molecule has 11 heteroatoms. The number of carbonyl (C=O) groups excluding carboxylic acids is 1. The number of nitrogens with one attached hydrogen (secondary N) is 1. The van der Waals surface area contributed by atoms with Crippen molar-refractivity contribution in [3.63, 3.8) is 0 Å². The summed E-state index contributed by atoms with van der Waals surface area (Å²) in [7, 11) is -2.19. The average molecular weight is 527 g/mol. The lowest BCUT2D eigenvalue weighted by molar-refractivity contribution is 0.102. The van der Waals surface area contributed by atoms with Gasteiger partial charge in [-0.15, -0.1) is 0 Å². The molecular weight excluding hydrogens is 504 g/mol. The van der Waals surface area contributed by atoms with Crippen LogP contribution in [0, 0.1) is 0 Å². The first-order valence-corrected chi connectivity index (χ1v) is 13.0. The highest BCUT2D eigenvalue weighted by molar-refractivity contribution is 7.90. The van der Waals surface area contributed by atoms with E-state index in [0.29, 0.717) is 34.5 Å². The number of anilines is 2. The normalized spacial score (nSPS) is 11.2. The summed E-state index contributed by atoms with van der Waals surface area (Å²) < 4.78 is 35.3. The molecular formula is C25H23ClN4O5S. The van der Waals surface area contributed by atoms with Crippen LogP contribution in [0.25, 0.3) is 0 Å². The van der Waals surface area contributed by atoms with Crippen LogP contribution in [0.2, 0.25) is 5.02 Å². The third-order valence-electron chi connectivity index (χ3n) is 5.17. The van der Waals surface area contributed by atoms with Crippen molar-refractivity contribution in [3.05, 3.63) is 95.2 Å². The molecule has 0 bridgehead atoms. The van der Waals surface area contributed by atoms with E-state index in [4.69, 9.17) is 20.8 Å². The second-order valence-electron chi connectivity index (χ2n) is 7.91. The molecule has 0 unspecified atom stereocenters. The van der Waals surface area contributed by atoms with E-state index in [1.807, 2.05) is 29.2 Å². The molecule has 2 aromatic carbocycles. The topological polar surface area (TPSA) is 115 Å². The Morgan fingerprint density at radius 3 is 2.56 bits per heavy atom. The van der Waals surface area contributed by atoms with Crippen molar-refractivity contribution in [3.8, 4) is 5.75 Å². The summed E-state index contributed by atoms with van der Waals surface area (Å²) in [4.78, 5) is 23.4. The third kappa shape index (κ3) is 6.21. The van der Waals surface area contributed by atoms with E-state index in [-0.39, 0.29) is 12.2 Å². The highest BCUT2D eigenvalue weighted by Crippen LogP contribution is 2.26. The van der Waals surface area contributed by atoms with Crippen molar-refractivity contribution >= 4 is 38.7 Å². The van der Waals surface area contributed by atoms with E-state index in [1.54, 1.807) is 49.8 Å². The second kappa shape index (κ2) is 10.8. The number of halogens is 1. The van der Waals surface area contributed by atoms with Gasteiger partial charge >= 0.3 is 0 Å². The third-order valence-corrected chi connectivity index (χ3v) is 6.28. The standard InChI is InChI=1S/C25H23ClN4O5S/c1-34-20-6-3-5-17(13-20)15-30(16-21-7-4-12-35-21)22-14-27-25(36(2,32)33)29-23(22)24(31)28-19-10-8-18(26)9-11-19/h3-14H,15-16H2,1-2H3,(H,28,31). The summed E-state index contributed by atoms with van der Waals surface area (Å²) >= 11 is 5.94. The van der Waals surface area contributed by atoms with Crippen LogP contribution in [0.1, 0.15) is 21.8 Å². The number of benzene rings is 2. The molecule has 2 heterocycles. The highest BCUT2D eigenvalue weighted by atomic mass is 35.5. The number of hydrogen-bond donors (Lipinski definition) is 1. The van der Waals surface area contributed by atoms with Gasteiger partial charge in [-0.2, -0.15) is 0 Å². The van der Waals surface area contributed by atoms with Gasteiger partial charge < -0.3 is 19.4 Å². The molecule has 0 fully saturated rings. The Bertz CT molecular complexity index is 1460. The first-order chi connectivity index (χ1) is 17.2. The summed E-state index contributed by atoms with van der Waals surface area (Å²) in [6, 6.07) is 17.6. The predicted octanol–water partition coefficient (Wildman–Crippen LogP) is 4.59. The molecule has 0 saturated heterocycles. The summed E-state index contributed by atoms with van der Waals surface area (Å²) in [5.74, 6) is 0.707. The second-order valence-corrected chi connectivity index (χ2v) is 10.3. The molecule has 4 rings (SSSR count). The summed E-state index contributed by atoms with van der Waals surface area (Å²) in [5.41, 5.74) is 1.58. The van der Waals surface area contributed by atoms with Gasteiger partial charge in [0.05, 0.1) is 31.8 Å². The smallest absolute Gasteiger partial charge is 0.276 e. The fourth-order valence-corrected chi connectivity index (χ4v) is 4.10. The van der Waals surface area contributed by atoms with E-state index < -0.39 is 20.9 Å². The molecule has 36 heavy (non-hydrogen) atoms. The zero-order valence-electron chi connectivity index (χ0n) is 19.5. The van der Waals surface area contributed by atoms with Gasteiger partial charge in [-0.25, -0.2) is 18.4 Å². The molecule has 0 saturated carbocycles. The predicted molar refractivity (Wildman–Crippen MR) is 136 cm³/mol. The lowest BCUT2D eigenvalue weighted by atomic mass is 10.1. The van der Waals surface area contributed by atoms with Gasteiger partial charge in [0.2, 0.25) is 15.0 Å². The van der Waals surface area contributed by atoms with Crippen molar-refractivity contribution in [2.45, 2.75) is 18.2 Å². The zero-order valence-corrected chi connectivity index (χ0v) is 21.1.